The van der Waals surface area contributed by atoms with E-state index in [1.165, 1.54) is 0 Å². The van der Waals surface area contributed by atoms with Crippen molar-refractivity contribution in [1.29, 1.82) is 0 Å². The number of rotatable bonds is 14. The van der Waals surface area contributed by atoms with Crippen LogP contribution in [0.3, 0.4) is 0 Å². The van der Waals surface area contributed by atoms with Crippen molar-refractivity contribution in [3.8, 4) is 0 Å². The third-order valence-corrected chi connectivity index (χ3v) is 21.9. The first kappa shape index (κ1) is 64.7. The summed E-state index contributed by atoms with van der Waals surface area (Å²) in [7, 11) is 0. The highest BCUT2D eigenvalue weighted by molar-refractivity contribution is 5.87. The molecule has 4 saturated carbocycles. The van der Waals surface area contributed by atoms with Crippen molar-refractivity contribution in [2.45, 2.75) is 235 Å². The van der Waals surface area contributed by atoms with E-state index in [0.717, 1.165) is 11.9 Å². The van der Waals surface area contributed by atoms with E-state index < -0.39 is 218 Å². The molecule has 30 atom stereocenters. The minimum atomic E-state index is -2.27. The Morgan fingerprint density at radius 2 is 1.31 bits per heavy atom. The minimum absolute atomic E-state index is 0.128. The molecule has 0 amide bonds. The van der Waals surface area contributed by atoms with Gasteiger partial charge in [-0.3, -0.25) is 0 Å². The number of carbonyl (C=O) groups excluding carboxylic acids is 2. The predicted molar refractivity (Wildman–Crippen MR) is 279 cm³/mol. The molecule has 4 aliphatic heterocycles. The number of esters is 1. The number of allylic oxidation sites excluding steroid dienone is 3. The molecule has 5 aliphatic carbocycles. The van der Waals surface area contributed by atoms with Crippen LogP contribution in [-0.4, -0.2) is 251 Å². The molecule has 0 aromatic rings. The van der Waals surface area contributed by atoms with Gasteiger partial charge in [-0.15, -0.1) is 0 Å². The lowest BCUT2D eigenvalue weighted by atomic mass is 9.33. The summed E-state index contributed by atoms with van der Waals surface area (Å²) in [5.41, 5.74) is -4.21. The summed E-state index contributed by atoms with van der Waals surface area (Å²) in [6.45, 7) is 12.7. The number of aliphatic carboxylic acids is 1. The SMILES string of the molecule is C/C=C(\C)C(=O)O[C@H]1[C@H](O)[C@]2(CO)[C@H](O)C[C@]3(C)C(=CC[C@@H]4[C@@]5(C)CC[C@H](O[C@@H]6O[C@H](C(=O)O)[C@@H](O)[C@H](O[C@@H]7OC[C@H](O)[C@H](O)[C@H]7O[C@@H]7OC[C@@H](O)[C@H](O)[C@H]7O)[C@H]6O[C@@H]6O[C@H](CO)[C@H](O)[C@H](O)[C@H]6O)[C@@](C)(C=O)[C@@H]5CC[C@]43C)[C@@H]2CC1(C)C. The number of ether oxygens (including phenoxy) is 9. The molecule has 4 heterocycles. The first-order valence-electron chi connectivity index (χ1n) is 29.0. The van der Waals surface area contributed by atoms with Crippen molar-refractivity contribution >= 4 is 18.2 Å². The van der Waals surface area contributed by atoms with Crippen LogP contribution in [0.2, 0.25) is 0 Å². The summed E-state index contributed by atoms with van der Waals surface area (Å²) in [5, 5.41) is 155. The Balaban J connectivity index is 1.04. The fourth-order valence-electron chi connectivity index (χ4n) is 16.7. The fraction of sp³-hybridized carbons (Fsp3) is 0.877. The molecule has 14 N–H and O–H groups in total. The van der Waals surface area contributed by atoms with Gasteiger partial charge in [0.15, 0.2) is 31.3 Å². The van der Waals surface area contributed by atoms with Crippen LogP contribution >= 0.6 is 0 Å². The average Bonchev–Trinajstić information content (AvgIpc) is 0.730. The molecule has 0 spiro atoms. The van der Waals surface area contributed by atoms with Gasteiger partial charge in [-0.05, 0) is 92.8 Å². The second-order valence-corrected chi connectivity index (χ2v) is 26.7. The van der Waals surface area contributed by atoms with E-state index in [0.29, 0.717) is 37.7 Å². The molecule has 0 bridgehead atoms. The number of carboxylic acid groups (broad SMARTS) is 1. The summed E-state index contributed by atoms with van der Waals surface area (Å²) in [5.74, 6) is -3.45. The van der Waals surface area contributed by atoms with Crippen LogP contribution in [0.5, 0.6) is 0 Å². The van der Waals surface area contributed by atoms with Crippen LogP contribution in [-0.2, 0) is 57.0 Å². The lowest BCUT2D eigenvalue weighted by molar-refractivity contribution is -0.398. The number of aliphatic hydroxyl groups is 13. The molecule has 26 nitrogen and oxygen atoms in total. The number of hydrogen-bond donors (Lipinski definition) is 14. The zero-order chi connectivity index (χ0) is 61.0. The van der Waals surface area contributed by atoms with Gasteiger partial charge in [0.05, 0.1) is 49.5 Å². The van der Waals surface area contributed by atoms with E-state index >= 15 is 0 Å². The van der Waals surface area contributed by atoms with Crippen LogP contribution in [0, 0.1) is 50.2 Å². The molecule has 4 saturated heterocycles. The minimum Gasteiger partial charge on any atom is -0.479 e. The van der Waals surface area contributed by atoms with Crippen molar-refractivity contribution in [3.05, 3.63) is 23.3 Å². The Kier molecular flexibility index (Phi) is 18.4. The second kappa shape index (κ2) is 23.6. The molecule has 0 aromatic carbocycles. The summed E-state index contributed by atoms with van der Waals surface area (Å²) >= 11 is 0. The molecular weight excluding hydrogens is 1100 g/mol. The van der Waals surface area contributed by atoms with E-state index in [2.05, 4.69) is 26.8 Å². The lowest BCUT2D eigenvalue weighted by Crippen LogP contribution is -2.72. The average molecular weight is 1190 g/mol. The van der Waals surface area contributed by atoms with Crippen LogP contribution < -0.4 is 0 Å². The Labute approximate surface area is 480 Å². The molecule has 9 rings (SSSR count). The molecule has 26 heteroatoms. The molecule has 83 heavy (non-hydrogen) atoms. The Morgan fingerprint density at radius 1 is 0.687 bits per heavy atom. The number of carboxylic acids is 1. The van der Waals surface area contributed by atoms with Gasteiger partial charge < -0.3 is 119 Å². The summed E-state index contributed by atoms with van der Waals surface area (Å²) in [6.07, 6.45) is -32.2. The maximum Gasteiger partial charge on any atom is 0.335 e. The quantitative estimate of drug-likeness (QED) is 0.0279. The van der Waals surface area contributed by atoms with Gasteiger partial charge in [-0.25, -0.2) is 9.59 Å². The zero-order valence-electron chi connectivity index (χ0n) is 48.1. The second-order valence-electron chi connectivity index (χ2n) is 26.7. The standard InChI is InChI=1S/C57H88O26/c1-9-23(2)47(74)83-45-44(71)57(22-60)25(16-52(45,3)4)24-10-11-30-53(5)14-13-32(54(6,21-59)29(53)12-15-55(30,7)56(24,8)17-31(57)63)78-51-43(82-49-38(69)36(67)35(66)28(18-58)77-49)40(39(70)41(80-51)46(72)73)79-50-42(34(65)27(62)20-76-50)81-48-37(68)33(64)26(61)19-75-48/h9-10,21,25-45,48-51,58,60-71H,11-20,22H2,1-8H3,(H,72,73)/b23-9+/t25-,26+,27-,28+,29+,30+,31+,32-,33-,34-,35-,36-,37+,38+,39-,40-,41-,42+,43+,44-,45-,48-,49-,50-,51+,53-,54-,55+,56+,57-/m0/s1. The van der Waals surface area contributed by atoms with Crippen molar-refractivity contribution in [2.24, 2.45) is 50.2 Å². The lowest BCUT2D eigenvalue weighted by Gasteiger charge is -2.72. The number of fused-ring (bicyclic) bond motifs is 7. The van der Waals surface area contributed by atoms with Gasteiger partial charge in [0.25, 0.3) is 0 Å². The highest BCUT2D eigenvalue weighted by atomic mass is 16.8. The molecular formula is C57H88O26. The predicted octanol–water partition coefficient (Wildman–Crippen LogP) is -2.58. The largest absolute Gasteiger partial charge is 0.479 e. The Bertz CT molecular complexity index is 2420. The van der Waals surface area contributed by atoms with E-state index in [4.69, 9.17) is 42.6 Å². The molecule has 9 aliphatic rings. The molecule has 0 unspecified atom stereocenters. The van der Waals surface area contributed by atoms with Gasteiger partial charge in [0, 0.05) is 11.0 Å². The van der Waals surface area contributed by atoms with Crippen LogP contribution in [0.25, 0.3) is 0 Å². The van der Waals surface area contributed by atoms with Gasteiger partial charge in [0.1, 0.15) is 97.8 Å². The summed E-state index contributed by atoms with van der Waals surface area (Å²) in [6, 6.07) is 0. The van der Waals surface area contributed by atoms with Crippen molar-refractivity contribution in [3.63, 3.8) is 0 Å². The third kappa shape index (κ3) is 10.4. The van der Waals surface area contributed by atoms with Crippen molar-refractivity contribution < 1.29 is 129 Å². The van der Waals surface area contributed by atoms with E-state index in [1.807, 2.05) is 13.8 Å². The first-order valence-corrected chi connectivity index (χ1v) is 29.0. The maximum atomic E-state index is 14.1. The highest BCUT2D eigenvalue weighted by Crippen LogP contribution is 2.76. The number of carbonyl (C=O) groups is 3. The van der Waals surface area contributed by atoms with Crippen LogP contribution in [0.15, 0.2) is 23.3 Å². The van der Waals surface area contributed by atoms with E-state index in [1.54, 1.807) is 26.8 Å². The number of aldehydes is 1. The maximum absolute atomic E-state index is 14.1. The fourth-order valence-corrected chi connectivity index (χ4v) is 16.7. The number of aliphatic hydroxyl groups excluding tert-OH is 13. The molecule has 0 radical (unpaired) electrons. The van der Waals surface area contributed by atoms with Gasteiger partial charge in [0.2, 0.25) is 0 Å². The van der Waals surface area contributed by atoms with Gasteiger partial charge in [-0.2, -0.15) is 0 Å². The van der Waals surface area contributed by atoms with Gasteiger partial charge >= 0.3 is 11.9 Å². The van der Waals surface area contributed by atoms with Crippen molar-refractivity contribution in [1.82, 2.24) is 0 Å². The Hall–Kier alpha value is -2.75. The normalized spacial score (nSPS) is 52.6. The zero-order valence-corrected chi connectivity index (χ0v) is 48.1. The smallest absolute Gasteiger partial charge is 0.335 e. The monoisotopic (exact) mass is 1190 g/mol. The Morgan fingerprint density at radius 3 is 1.94 bits per heavy atom. The first-order chi connectivity index (χ1) is 38.9. The van der Waals surface area contributed by atoms with Crippen molar-refractivity contribution in [2.75, 3.05) is 26.4 Å². The van der Waals surface area contributed by atoms with E-state index in [9.17, 15) is 85.9 Å². The summed E-state index contributed by atoms with van der Waals surface area (Å²) < 4.78 is 54.1. The molecule has 8 fully saturated rings. The third-order valence-electron chi connectivity index (χ3n) is 21.9. The van der Waals surface area contributed by atoms with E-state index in [-0.39, 0.29) is 18.8 Å². The van der Waals surface area contributed by atoms with Crippen LogP contribution in [0.4, 0.5) is 0 Å². The number of hydrogen-bond acceptors (Lipinski definition) is 25. The molecule has 0 aromatic heterocycles. The topological polar surface area (TPSA) is 418 Å². The molecule has 472 valence electrons. The summed E-state index contributed by atoms with van der Waals surface area (Å²) in [4.78, 5) is 40.4. The highest BCUT2D eigenvalue weighted by Gasteiger charge is 2.73. The van der Waals surface area contributed by atoms with Crippen LogP contribution in [0.1, 0.15) is 100 Å². The van der Waals surface area contributed by atoms with Gasteiger partial charge in [-0.1, -0.05) is 59.3 Å².